The summed E-state index contributed by atoms with van der Waals surface area (Å²) in [6.07, 6.45) is 10.0. The van der Waals surface area contributed by atoms with Crippen molar-refractivity contribution in [3.63, 3.8) is 0 Å². The number of carboxylic acids is 1. The largest absolute Gasteiger partial charge is 0.480 e. The number of unbranched alkanes of at least 4 members (excludes halogenated alkanes) is 8. The van der Waals surface area contributed by atoms with Gasteiger partial charge in [-0.1, -0.05) is 75.3 Å². The molecule has 3 N–H and O–H groups in total. The van der Waals surface area contributed by atoms with E-state index in [9.17, 15) is 19.5 Å². The Morgan fingerprint density at radius 3 is 1.90 bits per heavy atom. The number of benzene rings is 1. The van der Waals surface area contributed by atoms with E-state index in [1.54, 1.807) is 12.1 Å². The smallest absolute Gasteiger partial charge is 0.327 e. The molecule has 0 fully saturated rings. The fraction of sp³-hybridized carbons (Fsp3) is 0.609. The van der Waals surface area contributed by atoms with Crippen molar-refractivity contribution in [2.75, 3.05) is 6.54 Å². The van der Waals surface area contributed by atoms with Crippen LogP contribution in [0.3, 0.4) is 0 Å². The molecular formula is C23H36N2O4. The van der Waals surface area contributed by atoms with E-state index in [2.05, 4.69) is 0 Å². The molecule has 0 aliphatic carbocycles. The van der Waals surface area contributed by atoms with Gasteiger partial charge in [-0.3, -0.25) is 14.5 Å². The van der Waals surface area contributed by atoms with E-state index in [-0.39, 0.29) is 12.8 Å². The molecule has 0 aliphatic rings. The molecule has 2 amide bonds. The Balaban J connectivity index is 2.42. The zero-order chi connectivity index (χ0) is 21.5. The number of nitrogens with zero attached hydrogens (tertiary/aromatic N) is 1. The van der Waals surface area contributed by atoms with Crippen LogP contribution >= 0.6 is 0 Å². The fourth-order valence-electron chi connectivity index (χ4n) is 3.47. The quantitative estimate of drug-likeness (QED) is 0.432. The van der Waals surface area contributed by atoms with Crippen molar-refractivity contribution in [1.29, 1.82) is 0 Å². The van der Waals surface area contributed by atoms with Gasteiger partial charge in [0.1, 0.15) is 6.04 Å². The normalized spacial score (nSPS) is 11.8. The minimum atomic E-state index is -1.17. The average molecular weight is 405 g/mol. The topological polar surface area (TPSA) is 101 Å². The number of carboxylic acid groups (broad SMARTS) is 1. The molecule has 6 nitrogen and oxygen atoms in total. The van der Waals surface area contributed by atoms with E-state index in [0.717, 1.165) is 42.7 Å². The Labute approximate surface area is 174 Å². The van der Waals surface area contributed by atoms with Crippen molar-refractivity contribution in [2.24, 2.45) is 5.73 Å². The minimum Gasteiger partial charge on any atom is -0.480 e. The van der Waals surface area contributed by atoms with Crippen LogP contribution in [0.1, 0.15) is 76.7 Å². The number of rotatable bonds is 15. The van der Waals surface area contributed by atoms with Crippen LogP contribution in [0.15, 0.2) is 30.3 Å². The maximum Gasteiger partial charge on any atom is 0.327 e. The Kier molecular flexibility index (Phi) is 12.6. The zero-order valence-electron chi connectivity index (χ0n) is 17.6. The van der Waals surface area contributed by atoms with Crippen molar-refractivity contribution < 1.29 is 19.5 Å². The summed E-state index contributed by atoms with van der Waals surface area (Å²) in [6.45, 7) is 2.02. The van der Waals surface area contributed by atoms with Gasteiger partial charge in [0, 0.05) is 19.8 Å². The van der Waals surface area contributed by atoms with E-state index in [4.69, 9.17) is 5.73 Å². The second-order valence-electron chi connectivity index (χ2n) is 7.55. The van der Waals surface area contributed by atoms with Crippen molar-refractivity contribution in [3.8, 4) is 0 Å². The highest BCUT2D eigenvalue weighted by Crippen LogP contribution is 2.15. The lowest BCUT2D eigenvalue weighted by Crippen LogP contribution is -2.48. The van der Waals surface area contributed by atoms with Gasteiger partial charge in [-0.25, -0.2) is 4.79 Å². The van der Waals surface area contributed by atoms with E-state index in [0.29, 0.717) is 6.42 Å². The first kappa shape index (κ1) is 24.8. The number of amides is 2. The lowest BCUT2D eigenvalue weighted by Gasteiger charge is -2.26. The second kappa shape index (κ2) is 14.7. The summed E-state index contributed by atoms with van der Waals surface area (Å²) in [6, 6.07) is 7.89. The van der Waals surface area contributed by atoms with Crippen molar-refractivity contribution in [1.82, 2.24) is 4.90 Å². The summed E-state index contributed by atoms with van der Waals surface area (Å²) in [5.74, 6) is -2.08. The van der Waals surface area contributed by atoms with Gasteiger partial charge in [0.2, 0.25) is 11.8 Å². The fourth-order valence-corrected chi connectivity index (χ4v) is 3.47. The molecule has 29 heavy (non-hydrogen) atoms. The molecule has 1 aromatic carbocycles. The summed E-state index contributed by atoms with van der Waals surface area (Å²) >= 11 is 0. The molecular weight excluding hydrogens is 368 g/mol. The Morgan fingerprint density at radius 2 is 1.41 bits per heavy atom. The highest BCUT2D eigenvalue weighted by atomic mass is 16.4. The summed E-state index contributed by atoms with van der Waals surface area (Å²) in [7, 11) is 0. The van der Waals surface area contributed by atoms with Gasteiger partial charge in [0.25, 0.3) is 0 Å². The molecule has 0 bridgehead atoms. The maximum absolute atomic E-state index is 12.6. The molecule has 1 aromatic rings. The number of carbonyl (C=O) groups is 3. The first-order chi connectivity index (χ1) is 14.0. The van der Waals surface area contributed by atoms with Crippen LogP contribution in [0, 0.1) is 0 Å². The van der Waals surface area contributed by atoms with Gasteiger partial charge < -0.3 is 10.8 Å². The van der Waals surface area contributed by atoms with Gasteiger partial charge in [0.15, 0.2) is 0 Å². The third kappa shape index (κ3) is 10.2. The summed E-state index contributed by atoms with van der Waals surface area (Å²) in [5.41, 5.74) is 6.26. The van der Waals surface area contributed by atoms with Crippen LogP contribution in [-0.2, 0) is 20.8 Å². The molecule has 6 heteroatoms. The number of carbonyl (C=O) groups excluding carboxylic acids is 2. The van der Waals surface area contributed by atoms with Crippen LogP contribution in [0.2, 0.25) is 0 Å². The molecule has 0 aromatic heterocycles. The molecule has 1 atom stereocenters. The SMILES string of the molecule is CC(=O)N(C(=O)CCCCCCCCCCCN)[C@H](Cc1ccccc1)C(=O)O. The Morgan fingerprint density at radius 1 is 0.897 bits per heavy atom. The number of imide groups is 1. The number of aliphatic carboxylic acids is 1. The van der Waals surface area contributed by atoms with Crippen LogP contribution in [-0.4, -0.2) is 40.4 Å². The summed E-state index contributed by atoms with van der Waals surface area (Å²) in [4.78, 5) is 37.3. The van der Waals surface area contributed by atoms with Crippen LogP contribution in [0.25, 0.3) is 0 Å². The standard InChI is InChI=1S/C23H36N2O4/c1-19(26)25(21(23(28)29)18-20-14-10-9-11-15-20)22(27)16-12-7-5-3-2-4-6-8-13-17-24/h9-11,14-15,21H,2-8,12-13,16-18,24H2,1H3,(H,28,29)/t21-/m1/s1. The molecule has 0 saturated carbocycles. The van der Waals surface area contributed by atoms with Crippen molar-refractivity contribution in [3.05, 3.63) is 35.9 Å². The molecule has 0 unspecified atom stereocenters. The lowest BCUT2D eigenvalue weighted by molar-refractivity contribution is -0.157. The van der Waals surface area contributed by atoms with Gasteiger partial charge in [0.05, 0.1) is 0 Å². The maximum atomic E-state index is 12.6. The highest BCUT2D eigenvalue weighted by molar-refractivity contribution is 5.98. The summed E-state index contributed by atoms with van der Waals surface area (Å²) in [5, 5.41) is 9.60. The Hall–Kier alpha value is -2.21. The van der Waals surface area contributed by atoms with E-state index < -0.39 is 23.8 Å². The number of hydrogen-bond acceptors (Lipinski definition) is 4. The zero-order valence-corrected chi connectivity index (χ0v) is 17.6. The molecule has 1 rings (SSSR count). The van der Waals surface area contributed by atoms with E-state index >= 15 is 0 Å². The molecule has 0 saturated heterocycles. The Bertz CT molecular complexity index is 619. The molecule has 0 radical (unpaired) electrons. The first-order valence-corrected chi connectivity index (χ1v) is 10.8. The van der Waals surface area contributed by atoms with Gasteiger partial charge in [-0.05, 0) is 24.9 Å². The first-order valence-electron chi connectivity index (χ1n) is 10.8. The van der Waals surface area contributed by atoms with E-state index in [1.807, 2.05) is 18.2 Å². The van der Waals surface area contributed by atoms with Crippen molar-refractivity contribution >= 4 is 17.8 Å². The predicted octanol–water partition coefficient (Wildman–Crippen LogP) is 3.92. The highest BCUT2D eigenvalue weighted by Gasteiger charge is 2.32. The average Bonchev–Trinajstić information content (AvgIpc) is 2.69. The molecule has 0 aliphatic heterocycles. The summed E-state index contributed by atoms with van der Waals surface area (Å²) < 4.78 is 0. The molecule has 0 heterocycles. The van der Waals surface area contributed by atoms with Crippen LogP contribution in [0.4, 0.5) is 0 Å². The van der Waals surface area contributed by atoms with Gasteiger partial charge in [-0.2, -0.15) is 0 Å². The second-order valence-corrected chi connectivity index (χ2v) is 7.55. The lowest BCUT2D eigenvalue weighted by atomic mass is 10.0. The molecule has 162 valence electrons. The monoisotopic (exact) mass is 404 g/mol. The van der Waals surface area contributed by atoms with Crippen molar-refractivity contribution in [2.45, 2.75) is 83.6 Å². The van der Waals surface area contributed by atoms with E-state index in [1.165, 1.54) is 32.6 Å². The van der Waals surface area contributed by atoms with Gasteiger partial charge >= 0.3 is 5.97 Å². The third-order valence-corrected chi connectivity index (χ3v) is 5.07. The minimum absolute atomic E-state index is 0.117. The van der Waals surface area contributed by atoms with Crippen LogP contribution < -0.4 is 5.73 Å². The number of nitrogens with two attached hydrogens (primary N) is 1. The third-order valence-electron chi connectivity index (χ3n) is 5.07. The predicted molar refractivity (Wildman–Crippen MR) is 114 cm³/mol. The number of hydrogen-bond donors (Lipinski definition) is 2. The van der Waals surface area contributed by atoms with Gasteiger partial charge in [-0.15, -0.1) is 0 Å². The van der Waals surface area contributed by atoms with Crippen LogP contribution in [0.5, 0.6) is 0 Å². The molecule has 0 spiro atoms.